The number of nitrogens with one attached hydrogen (secondary N) is 1. The van der Waals surface area contributed by atoms with Crippen molar-refractivity contribution in [3.05, 3.63) is 35.9 Å². The van der Waals surface area contributed by atoms with Crippen molar-refractivity contribution >= 4 is 5.91 Å². The van der Waals surface area contributed by atoms with E-state index in [1.807, 2.05) is 6.92 Å². The van der Waals surface area contributed by atoms with E-state index >= 15 is 0 Å². The summed E-state index contributed by atoms with van der Waals surface area (Å²) in [6, 6.07) is 10.6. The molecule has 0 bridgehead atoms. The molecule has 2 rings (SSSR count). The summed E-state index contributed by atoms with van der Waals surface area (Å²) in [6.07, 6.45) is 0.905. The predicted octanol–water partition coefficient (Wildman–Crippen LogP) is 3.59. The van der Waals surface area contributed by atoms with Crippen LogP contribution in [0.5, 0.6) is 0 Å². The van der Waals surface area contributed by atoms with Gasteiger partial charge in [0.1, 0.15) is 0 Å². The van der Waals surface area contributed by atoms with Gasteiger partial charge in [-0.1, -0.05) is 58.0 Å². The number of carbonyl (C=O) groups excluding carboxylic acids is 1. The van der Waals surface area contributed by atoms with Crippen LogP contribution in [-0.4, -0.2) is 12.5 Å². The van der Waals surface area contributed by atoms with Crippen LogP contribution in [0.3, 0.4) is 0 Å². The molecular weight excluding hydrogens is 234 g/mol. The van der Waals surface area contributed by atoms with Crippen LogP contribution in [0.25, 0.3) is 0 Å². The van der Waals surface area contributed by atoms with Crippen LogP contribution < -0.4 is 5.32 Å². The fourth-order valence-electron chi connectivity index (χ4n) is 3.02. The topological polar surface area (TPSA) is 29.1 Å². The Hall–Kier alpha value is -1.31. The smallest absolute Gasteiger partial charge is 0.222 e. The lowest BCUT2D eigenvalue weighted by Gasteiger charge is -2.10. The molecule has 2 heteroatoms. The number of carbonyl (C=O) groups is 1. The fourth-order valence-corrected chi connectivity index (χ4v) is 3.02. The monoisotopic (exact) mass is 259 g/mol. The molecule has 1 amide bonds. The first-order valence-corrected chi connectivity index (χ1v) is 7.31. The molecule has 1 aromatic rings. The van der Waals surface area contributed by atoms with Crippen LogP contribution in [0.1, 0.15) is 45.6 Å². The van der Waals surface area contributed by atoms with Gasteiger partial charge in [-0.15, -0.1) is 0 Å². The van der Waals surface area contributed by atoms with E-state index < -0.39 is 0 Å². The number of rotatable bonds is 5. The molecule has 104 valence electrons. The van der Waals surface area contributed by atoms with Gasteiger partial charge in [0.05, 0.1) is 0 Å². The molecule has 1 aromatic carbocycles. The highest BCUT2D eigenvalue weighted by Crippen LogP contribution is 2.63. The fraction of sp³-hybridized carbons (Fsp3) is 0.588. The molecule has 0 saturated heterocycles. The Kier molecular flexibility index (Phi) is 3.98. The van der Waals surface area contributed by atoms with Crippen molar-refractivity contribution in [2.75, 3.05) is 6.54 Å². The van der Waals surface area contributed by atoms with Crippen LogP contribution in [0, 0.1) is 17.3 Å². The summed E-state index contributed by atoms with van der Waals surface area (Å²) in [5.41, 5.74) is 1.69. The third-order valence-electron chi connectivity index (χ3n) is 4.77. The largest absolute Gasteiger partial charge is 0.356 e. The van der Waals surface area contributed by atoms with Crippen molar-refractivity contribution in [2.24, 2.45) is 17.3 Å². The maximum Gasteiger partial charge on any atom is 0.222 e. The van der Waals surface area contributed by atoms with Gasteiger partial charge in [0.25, 0.3) is 0 Å². The SMILES string of the molecule is CCC(C)C(=O)NCC1C(c2ccccc2)C1(C)C. The summed E-state index contributed by atoms with van der Waals surface area (Å²) in [7, 11) is 0. The van der Waals surface area contributed by atoms with Gasteiger partial charge in [0.2, 0.25) is 5.91 Å². The van der Waals surface area contributed by atoms with E-state index in [1.54, 1.807) is 0 Å². The minimum Gasteiger partial charge on any atom is -0.356 e. The van der Waals surface area contributed by atoms with Gasteiger partial charge in [-0.2, -0.15) is 0 Å². The van der Waals surface area contributed by atoms with E-state index in [-0.39, 0.29) is 11.8 Å². The first-order valence-electron chi connectivity index (χ1n) is 7.31. The molecule has 0 aliphatic heterocycles. The Morgan fingerprint density at radius 2 is 1.95 bits per heavy atom. The standard InChI is InChI=1S/C17H25NO/c1-5-12(2)16(19)18-11-14-15(17(14,3)4)13-9-7-6-8-10-13/h6-10,12,14-15H,5,11H2,1-4H3,(H,18,19). The molecule has 0 spiro atoms. The van der Waals surface area contributed by atoms with Gasteiger partial charge in [-0.3, -0.25) is 4.79 Å². The van der Waals surface area contributed by atoms with Gasteiger partial charge < -0.3 is 5.32 Å². The Bertz CT molecular complexity index is 438. The van der Waals surface area contributed by atoms with E-state index in [1.165, 1.54) is 5.56 Å². The van der Waals surface area contributed by atoms with Crippen molar-refractivity contribution in [1.29, 1.82) is 0 Å². The predicted molar refractivity (Wildman–Crippen MR) is 78.9 cm³/mol. The zero-order valence-corrected chi connectivity index (χ0v) is 12.4. The molecule has 2 nitrogen and oxygen atoms in total. The van der Waals surface area contributed by atoms with Crippen LogP contribution in [0.2, 0.25) is 0 Å². The average Bonchev–Trinajstić information content (AvgIpc) is 2.97. The van der Waals surface area contributed by atoms with Crippen molar-refractivity contribution in [1.82, 2.24) is 5.32 Å². The summed E-state index contributed by atoms with van der Waals surface area (Å²) in [6.45, 7) is 9.44. The molecule has 0 aromatic heterocycles. The molecule has 0 radical (unpaired) electrons. The second-order valence-electron chi connectivity index (χ2n) is 6.37. The van der Waals surface area contributed by atoms with Crippen molar-refractivity contribution in [2.45, 2.75) is 40.0 Å². The average molecular weight is 259 g/mol. The van der Waals surface area contributed by atoms with E-state index in [0.717, 1.165) is 13.0 Å². The summed E-state index contributed by atoms with van der Waals surface area (Å²) in [5.74, 6) is 1.45. The van der Waals surface area contributed by atoms with E-state index in [0.29, 0.717) is 17.3 Å². The zero-order chi connectivity index (χ0) is 14.0. The van der Waals surface area contributed by atoms with Crippen molar-refractivity contribution in [3.8, 4) is 0 Å². The lowest BCUT2D eigenvalue weighted by Crippen LogP contribution is -2.31. The first-order chi connectivity index (χ1) is 8.98. The number of hydrogen-bond donors (Lipinski definition) is 1. The summed E-state index contributed by atoms with van der Waals surface area (Å²) in [5, 5.41) is 3.11. The Morgan fingerprint density at radius 1 is 1.32 bits per heavy atom. The van der Waals surface area contributed by atoms with E-state index in [4.69, 9.17) is 0 Å². The normalized spacial score (nSPS) is 25.7. The third kappa shape index (κ3) is 2.83. The lowest BCUT2D eigenvalue weighted by molar-refractivity contribution is -0.124. The Labute approximate surface area is 116 Å². The summed E-state index contributed by atoms with van der Waals surface area (Å²) < 4.78 is 0. The van der Waals surface area contributed by atoms with E-state index in [9.17, 15) is 4.79 Å². The number of benzene rings is 1. The molecule has 3 unspecified atom stereocenters. The van der Waals surface area contributed by atoms with Gasteiger partial charge in [0, 0.05) is 12.5 Å². The Balaban J connectivity index is 1.94. The van der Waals surface area contributed by atoms with Crippen LogP contribution in [0.4, 0.5) is 0 Å². The van der Waals surface area contributed by atoms with Gasteiger partial charge in [-0.25, -0.2) is 0 Å². The first kappa shape index (κ1) is 14.1. The molecule has 1 N–H and O–H groups in total. The number of hydrogen-bond acceptors (Lipinski definition) is 1. The minimum atomic E-state index is 0.122. The van der Waals surface area contributed by atoms with Crippen molar-refractivity contribution in [3.63, 3.8) is 0 Å². The highest BCUT2D eigenvalue weighted by Gasteiger charge is 2.57. The summed E-state index contributed by atoms with van der Waals surface area (Å²) in [4.78, 5) is 11.8. The quantitative estimate of drug-likeness (QED) is 0.860. The molecule has 1 aliphatic rings. The van der Waals surface area contributed by atoms with Crippen LogP contribution in [0.15, 0.2) is 30.3 Å². The second-order valence-corrected chi connectivity index (χ2v) is 6.37. The summed E-state index contributed by atoms with van der Waals surface area (Å²) >= 11 is 0. The molecule has 0 heterocycles. The zero-order valence-electron chi connectivity index (χ0n) is 12.4. The lowest BCUT2D eigenvalue weighted by atomic mass is 10.0. The molecule has 19 heavy (non-hydrogen) atoms. The second kappa shape index (κ2) is 5.36. The maximum absolute atomic E-state index is 11.8. The highest BCUT2D eigenvalue weighted by molar-refractivity contribution is 5.78. The molecule has 1 fully saturated rings. The third-order valence-corrected chi connectivity index (χ3v) is 4.77. The maximum atomic E-state index is 11.8. The van der Waals surface area contributed by atoms with Crippen LogP contribution in [-0.2, 0) is 4.79 Å². The van der Waals surface area contributed by atoms with Gasteiger partial charge in [0.15, 0.2) is 0 Å². The van der Waals surface area contributed by atoms with Crippen molar-refractivity contribution < 1.29 is 4.79 Å². The number of amides is 1. The van der Waals surface area contributed by atoms with E-state index in [2.05, 4.69) is 56.4 Å². The molecule has 1 aliphatic carbocycles. The molecule has 1 saturated carbocycles. The Morgan fingerprint density at radius 3 is 2.53 bits per heavy atom. The molecular formula is C17H25NO. The van der Waals surface area contributed by atoms with Gasteiger partial charge in [-0.05, 0) is 29.2 Å². The van der Waals surface area contributed by atoms with Crippen LogP contribution >= 0.6 is 0 Å². The highest BCUT2D eigenvalue weighted by atomic mass is 16.1. The molecule has 3 atom stereocenters. The van der Waals surface area contributed by atoms with Gasteiger partial charge >= 0.3 is 0 Å². The minimum absolute atomic E-state index is 0.122.